The Morgan fingerprint density at radius 3 is 2.89 bits per heavy atom. The zero-order chi connectivity index (χ0) is 13.7. The second-order valence-corrected chi connectivity index (χ2v) is 5.83. The fourth-order valence-electron chi connectivity index (χ4n) is 2.34. The van der Waals surface area contributed by atoms with E-state index in [9.17, 15) is 0 Å². The fraction of sp³-hybridized carbons (Fsp3) is 0.643. The Hall–Kier alpha value is -0.650. The minimum Gasteiger partial charge on any atom is -0.378 e. The quantitative estimate of drug-likeness (QED) is 0.903. The molecule has 0 aliphatic carbocycles. The van der Waals surface area contributed by atoms with Crippen LogP contribution in [0.2, 0.25) is 0 Å². The molecule has 0 amide bonds. The van der Waals surface area contributed by atoms with Gasteiger partial charge in [0.1, 0.15) is 5.82 Å². The maximum Gasteiger partial charge on any atom is 0.133 e. The van der Waals surface area contributed by atoms with Crippen molar-refractivity contribution in [2.75, 3.05) is 31.2 Å². The van der Waals surface area contributed by atoms with Crippen molar-refractivity contribution in [3.8, 4) is 0 Å². The molecule has 1 saturated heterocycles. The van der Waals surface area contributed by atoms with Crippen molar-refractivity contribution < 1.29 is 4.74 Å². The van der Waals surface area contributed by atoms with Crippen molar-refractivity contribution in [1.29, 1.82) is 0 Å². The van der Waals surface area contributed by atoms with Crippen LogP contribution in [0.3, 0.4) is 0 Å². The second kappa shape index (κ2) is 7.22. The molecule has 19 heavy (non-hydrogen) atoms. The van der Waals surface area contributed by atoms with Crippen LogP contribution in [0.15, 0.2) is 16.7 Å². The van der Waals surface area contributed by atoms with E-state index in [0.717, 1.165) is 55.0 Å². The van der Waals surface area contributed by atoms with E-state index in [2.05, 4.69) is 38.8 Å². The van der Waals surface area contributed by atoms with Gasteiger partial charge >= 0.3 is 0 Å². The first-order valence-electron chi connectivity index (χ1n) is 6.96. The summed E-state index contributed by atoms with van der Waals surface area (Å²) in [7, 11) is 0. The first-order chi connectivity index (χ1) is 9.22. The van der Waals surface area contributed by atoms with Crippen LogP contribution >= 0.6 is 15.9 Å². The summed E-state index contributed by atoms with van der Waals surface area (Å²) in [6.45, 7) is 5.50. The molecule has 1 aromatic heterocycles. The number of aromatic nitrogens is 1. The van der Waals surface area contributed by atoms with Gasteiger partial charge in [-0.2, -0.15) is 0 Å². The van der Waals surface area contributed by atoms with E-state index in [1.54, 1.807) is 0 Å². The molecule has 5 heteroatoms. The monoisotopic (exact) mass is 327 g/mol. The number of rotatable bonds is 5. The first-order valence-corrected chi connectivity index (χ1v) is 7.75. The molecule has 106 valence electrons. The van der Waals surface area contributed by atoms with Gasteiger partial charge in [-0.05, 0) is 28.4 Å². The fourth-order valence-corrected chi connectivity index (χ4v) is 2.69. The van der Waals surface area contributed by atoms with Gasteiger partial charge in [-0.25, -0.2) is 4.98 Å². The van der Waals surface area contributed by atoms with Gasteiger partial charge in [-0.3, -0.25) is 0 Å². The lowest BCUT2D eigenvalue weighted by Crippen LogP contribution is -2.37. The molecule has 0 saturated carbocycles. The van der Waals surface area contributed by atoms with Crippen molar-refractivity contribution in [2.24, 2.45) is 5.73 Å². The summed E-state index contributed by atoms with van der Waals surface area (Å²) in [5.74, 6) is 1.02. The van der Waals surface area contributed by atoms with Crippen LogP contribution in [-0.4, -0.2) is 31.3 Å². The largest absolute Gasteiger partial charge is 0.378 e. The predicted octanol–water partition coefficient (Wildman–Crippen LogP) is 2.87. The SMILES string of the molecule is CCCC[C@H](N)c1cc(Br)cnc1N1CCOCC1. The van der Waals surface area contributed by atoms with Crippen molar-refractivity contribution in [1.82, 2.24) is 4.98 Å². The van der Waals surface area contributed by atoms with Gasteiger partial charge < -0.3 is 15.4 Å². The number of anilines is 1. The van der Waals surface area contributed by atoms with E-state index in [-0.39, 0.29) is 6.04 Å². The number of morpholine rings is 1. The molecule has 2 heterocycles. The molecule has 1 aliphatic rings. The van der Waals surface area contributed by atoms with Crippen molar-refractivity contribution in [3.05, 3.63) is 22.3 Å². The average molecular weight is 328 g/mol. The molecular weight excluding hydrogens is 306 g/mol. The molecule has 0 spiro atoms. The van der Waals surface area contributed by atoms with Crippen LogP contribution in [0, 0.1) is 0 Å². The van der Waals surface area contributed by atoms with Gasteiger partial charge in [0.25, 0.3) is 0 Å². The number of hydrogen-bond acceptors (Lipinski definition) is 4. The van der Waals surface area contributed by atoms with Crippen molar-refractivity contribution in [3.63, 3.8) is 0 Å². The molecule has 4 nitrogen and oxygen atoms in total. The highest BCUT2D eigenvalue weighted by Gasteiger charge is 2.19. The summed E-state index contributed by atoms with van der Waals surface area (Å²) in [6.07, 6.45) is 5.17. The van der Waals surface area contributed by atoms with E-state index in [1.807, 2.05) is 6.20 Å². The van der Waals surface area contributed by atoms with Gasteiger partial charge in [-0.1, -0.05) is 19.8 Å². The molecule has 1 aromatic rings. The van der Waals surface area contributed by atoms with Gasteiger partial charge in [-0.15, -0.1) is 0 Å². The van der Waals surface area contributed by atoms with Crippen LogP contribution in [0.5, 0.6) is 0 Å². The maximum absolute atomic E-state index is 6.34. The lowest BCUT2D eigenvalue weighted by Gasteiger charge is -2.30. The predicted molar refractivity (Wildman–Crippen MR) is 81.4 cm³/mol. The molecular formula is C14H22BrN3O. The number of nitrogens with two attached hydrogens (primary N) is 1. The molecule has 0 unspecified atom stereocenters. The smallest absolute Gasteiger partial charge is 0.133 e. The Balaban J connectivity index is 2.21. The van der Waals surface area contributed by atoms with Crippen molar-refractivity contribution >= 4 is 21.7 Å². The summed E-state index contributed by atoms with van der Waals surface area (Å²) in [6, 6.07) is 2.17. The van der Waals surface area contributed by atoms with Crippen LogP contribution in [0.4, 0.5) is 5.82 Å². The van der Waals surface area contributed by atoms with Gasteiger partial charge in [0.15, 0.2) is 0 Å². The highest BCUT2D eigenvalue weighted by Crippen LogP contribution is 2.29. The topological polar surface area (TPSA) is 51.4 Å². The van der Waals surface area contributed by atoms with Gasteiger partial charge in [0.2, 0.25) is 0 Å². The highest BCUT2D eigenvalue weighted by molar-refractivity contribution is 9.10. The third-order valence-electron chi connectivity index (χ3n) is 3.44. The third-order valence-corrected chi connectivity index (χ3v) is 3.87. The second-order valence-electron chi connectivity index (χ2n) is 4.91. The van der Waals surface area contributed by atoms with Crippen LogP contribution in [-0.2, 0) is 4.74 Å². The Bertz CT molecular complexity index is 408. The molecule has 1 aliphatic heterocycles. The maximum atomic E-state index is 6.34. The number of unbranched alkanes of at least 4 members (excludes halogenated alkanes) is 1. The Kier molecular flexibility index (Phi) is 5.60. The Labute approximate surface area is 123 Å². The van der Waals surface area contributed by atoms with Crippen LogP contribution in [0.1, 0.15) is 37.8 Å². The summed E-state index contributed by atoms with van der Waals surface area (Å²) in [5.41, 5.74) is 7.48. The number of hydrogen-bond donors (Lipinski definition) is 1. The Morgan fingerprint density at radius 2 is 2.21 bits per heavy atom. The van der Waals surface area contributed by atoms with Gasteiger partial charge in [0.05, 0.1) is 13.2 Å². The summed E-state index contributed by atoms with van der Waals surface area (Å²) < 4.78 is 6.39. The van der Waals surface area contributed by atoms with E-state index in [0.29, 0.717) is 0 Å². The van der Waals surface area contributed by atoms with E-state index >= 15 is 0 Å². The number of halogens is 1. The lowest BCUT2D eigenvalue weighted by molar-refractivity contribution is 0.122. The minimum absolute atomic E-state index is 0.0581. The molecule has 0 bridgehead atoms. The van der Waals surface area contributed by atoms with Crippen LogP contribution < -0.4 is 10.6 Å². The molecule has 2 rings (SSSR count). The number of pyridine rings is 1. The highest BCUT2D eigenvalue weighted by atomic mass is 79.9. The summed E-state index contributed by atoms with van der Waals surface area (Å²) in [4.78, 5) is 6.85. The minimum atomic E-state index is 0.0581. The average Bonchev–Trinajstić information content (AvgIpc) is 2.45. The summed E-state index contributed by atoms with van der Waals surface area (Å²) >= 11 is 3.50. The zero-order valence-corrected chi connectivity index (χ0v) is 13.0. The van der Waals surface area contributed by atoms with Crippen LogP contribution in [0.25, 0.3) is 0 Å². The Morgan fingerprint density at radius 1 is 1.47 bits per heavy atom. The van der Waals surface area contributed by atoms with E-state index in [4.69, 9.17) is 10.5 Å². The number of ether oxygens (including phenoxy) is 1. The third kappa shape index (κ3) is 3.91. The molecule has 2 N–H and O–H groups in total. The molecule has 0 radical (unpaired) electrons. The van der Waals surface area contributed by atoms with E-state index < -0.39 is 0 Å². The van der Waals surface area contributed by atoms with Crippen molar-refractivity contribution in [2.45, 2.75) is 32.2 Å². The first kappa shape index (κ1) is 14.8. The summed E-state index contributed by atoms with van der Waals surface area (Å²) in [5, 5.41) is 0. The van der Waals surface area contributed by atoms with Gasteiger partial charge in [0, 0.05) is 35.4 Å². The standard InChI is InChI=1S/C14H22BrN3O/c1-2-3-4-13(16)12-9-11(15)10-17-14(12)18-5-7-19-8-6-18/h9-10,13H,2-8,16H2,1H3/t13-/m0/s1. The molecule has 1 fully saturated rings. The molecule has 0 aromatic carbocycles. The van der Waals surface area contributed by atoms with E-state index in [1.165, 1.54) is 6.42 Å². The normalized spacial score (nSPS) is 17.5. The number of nitrogens with zero attached hydrogens (tertiary/aromatic N) is 2. The lowest BCUT2D eigenvalue weighted by atomic mass is 10.0. The molecule has 1 atom stereocenters. The zero-order valence-electron chi connectivity index (χ0n) is 11.4.